The van der Waals surface area contributed by atoms with Gasteiger partial charge >= 0.3 is 0 Å². The van der Waals surface area contributed by atoms with Crippen LogP contribution in [0, 0.1) is 0 Å². The maximum atomic E-state index is 12.2. The summed E-state index contributed by atoms with van der Waals surface area (Å²) in [6.07, 6.45) is 3.82. The molecule has 1 fully saturated rings. The molecular formula is C13H17BrN2O2. The largest absolute Gasteiger partial charge is 0.390 e. The zero-order valence-electron chi connectivity index (χ0n) is 10.4. The molecule has 0 bridgehead atoms. The molecule has 4 nitrogen and oxygen atoms in total. The van der Waals surface area contributed by atoms with E-state index in [0.717, 1.165) is 17.3 Å². The van der Waals surface area contributed by atoms with Crippen molar-refractivity contribution in [2.75, 3.05) is 13.1 Å². The normalized spacial score (nSPS) is 24.7. The van der Waals surface area contributed by atoms with Crippen LogP contribution in [0.15, 0.2) is 22.8 Å². The number of hydrogen-bond donors (Lipinski definition) is 1. The Morgan fingerprint density at radius 2 is 2.22 bits per heavy atom. The lowest BCUT2D eigenvalue weighted by atomic mass is 9.98. The number of amides is 1. The number of rotatable bonds is 1. The second-order valence-electron chi connectivity index (χ2n) is 5.00. The highest BCUT2D eigenvalue weighted by atomic mass is 79.9. The molecule has 18 heavy (non-hydrogen) atoms. The van der Waals surface area contributed by atoms with Gasteiger partial charge in [-0.1, -0.05) is 0 Å². The third-order valence-corrected chi connectivity index (χ3v) is 3.77. The summed E-state index contributed by atoms with van der Waals surface area (Å²) in [4.78, 5) is 18.1. The van der Waals surface area contributed by atoms with Crippen LogP contribution in [0.25, 0.3) is 0 Å². The van der Waals surface area contributed by atoms with Crippen LogP contribution >= 0.6 is 15.9 Å². The molecule has 0 saturated carbocycles. The average molecular weight is 313 g/mol. The van der Waals surface area contributed by atoms with Crippen molar-refractivity contribution < 1.29 is 9.90 Å². The number of likely N-dealkylation sites (tertiary alicyclic amines) is 1. The predicted octanol–water partition coefficient (Wildman–Crippen LogP) is 2.22. The van der Waals surface area contributed by atoms with Gasteiger partial charge in [-0.3, -0.25) is 4.79 Å². The molecule has 0 aromatic carbocycles. The van der Waals surface area contributed by atoms with Gasteiger partial charge in [-0.15, -0.1) is 0 Å². The molecule has 1 aromatic heterocycles. The molecule has 1 aromatic rings. The minimum absolute atomic E-state index is 0.0554. The molecule has 1 N–H and O–H groups in total. The van der Waals surface area contributed by atoms with E-state index in [-0.39, 0.29) is 5.91 Å². The molecule has 1 aliphatic heterocycles. The van der Waals surface area contributed by atoms with Gasteiger partial charge in [0.2, 0.25) is 0 Å². The standard InChI is InChI=1S/C13H17BrN2O2/c1-13(18)5-2-7-16(8-6-13)12(17)11-4-3-10(14)9-15-11/h3-4,9,18H,2,5-8H2,1H3. The molecule has 1 unspecified atom stereocenters. The van der Waals surface area contributed by atoms with Crippen LogP contribution in [0.5, 0.6) is 0 Å². The maximum Gasteiger partial charge on any atom is 0.272 e. The Balaban J connectivity index is 2.07. The molecule has 98 valence electrons. The number of carbonyl (C=O) groups excluding carboxylic acids is 1. The van der Waals surface area contributed by atoms with Gasteiger partial charge in [0.25, 0.3) is 5.91 Å². The van der Waals surface area contributed by atoms with E-state index in [1.54, 1.807) is 17.2 Å². The van der Waals surface area contributed by atoms with Crippen LogP contribution < -0.4 is 0 Å². The molecule has 1 atom stereocenters. The van der Waals surface area contributed by atoms with E-state index in [1.807, 2.05) is 13.0 Å². The van der Waals surface area contributed by atoms with E-state index in [4.69, 9.17) is 0 Å². The van der Waals surface area contributed by atoms with Crippen molar-refractivity contribution in [3.63, 3.8) is 0 Å². The van der Waals surface area contributed by atoms with Crippen molar-refractivity contribution in [1.29, 1.82) is 0 Å². The Hall–Kier alpha value is -0.940. The Morgan fingerprint density at radius 1 is 1.44 bits per heavy atom. The molecule has 2 rings (SSSR count). The first-order valence-corrected chi connectivity index (χ1v) is 6.90. The van der Waals surface area contributed by atoms with E-state index < -0.39 is 5.60 Å². The quantitative estimate of drug-likeness (QED) is 0.865. The van der Waals surface area contributed by atoms with Crippen molar-refractivity contribution in [2.45, 2.75) is 31.8 Å². The van der Waals surface area contributed by atoms with Crippen molar-refractivity contribution >= 4 is 21.8 Å². The number of pyridine rings is 1. The highest BCUT2D eigenvalue weighted by Gasteiger charge is 2.27. The fraction of sp³-hybridized carbons (Fsp3) is 0.538. The van der Waals surface area contributed by atoms with Crippen LogP contribution in [0.3, 0.4) is 0 Å². The minimum atomic E-state index is -0.651. The average Bonchev–Trinajstić information content (AvgIpc) is 2.50. The summed E-state index contributed by atoms with van der Waals surface area (Å²) < 4.78 is 0.859. The highest BCUT2D eigenvalue weighted by Crippen LogP contribution is 2.22. The summed E-state index contributed by atoms with van der Waals surface area (Å²) in [5, 5.41) is 10.0. The van der Waals surface area contributed by atoms with Gasteiger partial charge in [0, 0.05) is 23.8 Å². The first-order valence-electron chi connectivity index (χ1n) is 6.11. The van der Waals surface area contributed by atoms with Crippen LogP contribution in [0.4, 0.5) is 0 Å². The second kappa shape index (κ2) is 5.36. The van der Waals surface area contributed by atoms with Crippen LogP contribution in [0.1, 0.15) is 36.7 Å². The molecule has 2 heterocycles. The minimum Gasteiger partial charge on any atom is -0.390 e. The number of halogens is 1. The molecule has 1 amide bonds. The lowest BCUT2D eigenvalue weighted by molar-refractivity contribution is 0.0437. The summed E-state index contributed by atoms with van der Waals surface area (Å²) >= 11 is 3.30. The van der Waals surface area contributed by atoms with Crippen LogP contribution in [-0.4, -0.2) is 39.6 Å². The van der Waals surface area contributed by atoms with Crippen molar-refractivity contribution in [1.82, 2.24) is 9.88 Å². The summed E-state index contributed by atoms with van der Waals surface area (Å²) in [5.41, 5.74) is -0.193. The number of aliphatic hydroxyl groups is 1. The van der Waals surface area contributed by atoms with Gasteiger partial charge in [-0.25, -0.2) is 4.98 Å². The number of aromatic nitrogens is 1. The smallest absolute Gasteiger partial charge is 0.272 e. The van der Waals surface area contributed by atoms with E-state index in [1.165, 1.54) is 0 Å². The molecule has 5 heteroatoms. The summed E-state index contributed by atoms with van der Waals surface area (Å²) in [7, 11) is 0. The Labute approximate surface area is 115 Å². The molecule has 0 spiro atoms. The topological polar surface area (TPSA) is 53.4 Å². The highest BCUT2D eigenvalue weighted by molar-refractivity contribution is 9.10. The van der Waals surface area contributed by atoms with E-state index in [2.05, 4.69) is 20.9 Å². The lowest BCUT2D eigenvalue weighted by Crippen LogP contribution is -2.34. The number of hydrogen-bond acceptors (Lipinski definition) is 3. The first-order chi connectivity index (χ1) is 8.48. The lowest BCUT2D eigenvalue weighted by Gasteiger charge is -2.22. The summed E-state index contributed by atoms with van der Waals surface area (Å²) in [6.45, 7) is 3.11. The maximum absolute atomic E-state index is 12.2. The molecule has 1 saturated heterocycles. The van der Waals surface area contributed by atoms with E-state index >= 15 is 0 Å². The molecular weight excluding hydrogens is 296 g/mol. The van der Waals surface area contributed by atoms with Crippen molar-refractivity contribution in [2.24, 2.45) is 0 Å². The zero-order valence-corrected chi connectivity index (χ0v) is 12.0. The monoisotopic (exact) mass is 312 g/mol. The fourth-order valence-corrected chi connectivity index (χ4v) is 2.37. The van der Waals surface area contributed by atoms with Crippen LogP contribution in [-0.2, 0) is 0 Å². The number of nitrogens with zero attached hydrogens (tertiary/aromatic N) is 2. The predicted molar refractivity (Wildman–Crippen MR) is 72.3 cm³/mol. The van der Waals surface area contributed by atoms with Gasteiger partial charge in [0.1, 0.15) is 5.69 Å². The van der Waals surface area contributed by atoms with Gasteiger partial charge in [-0.2, -0.15) is 0 Å². The zero-order chi connectivity index (χ0) is 13.2. The van der Waals surface area contributed by atoms with Gasteiger partial charge in [-0.05, 0) is 54.2 Å². The van der Waals surface area contributed by atoms with E-state index in [9.17, 15) is 9.90 Å². The van der Waals surface area contributed by atoms with Gasteiger partial charge in [0.05, 0.1) is 5.60 Å². The Morgan fingerprint density at radius 3 is 2.89 bits per heavy atom. The fourth-order valence-electron chi connectivity index (χ4n) is 2.13. The number of carbonyl (C=O) groups is 1. The Bertz CT molecular complexity index is 431. The third-order valence-electron chi connectivity index (χ3n) is 3.30. The SMILES string of the molecule is CC1(O)CCCN(C(=O)c2ccc(Br)cn2)CC1. The van der Waals surface area contributed by atoms with Gasteiger partial charge < -0.3 is 10.0 Å². The second-order valence-corrected chi connectivity index (χ2v) is 5.92. The first kappa shape index (κ1) is 13.5. The molecule has 0 radical (unpaired) electrons. The van der Waals surface area contributed by atoms with Crippen LogP contribution in [0.2, 0.25) is 0 Å². The summed E-state index contributed by atoms with van der Waals surface area (Å²) in [6, 6.07) is 3.53. The van der Waals surface area contributed by atoms with Crippen molar-refractivity contribution in [3.05, 3.63) is 28.5 Å². The van der Waals surface area contributed by atoms with Crippen molar-refractivity contribution in [3.8, 4) is 0 Å². The van der Waals surface area contributed by atoms with Gasteiger partial charge in [0.15, 0.2) is 0 Å². The Kier molecular flexibility index (Phi) is 4.02. The summed E-state index contributed by atoms with van der Waals surface area (Å²) in [5.74, 6) is -0.0554. The molecule has 0 aliphatic carbocycles. The van der Waals surface area contributed by atoms with E-state index in [0.29, 0.717) is 25.2 Å². The third kappa shape index (κ3) is 3.29. The molecule has 1 aliphatic rings.